The van der Waals surface area contributed by atoms with Gasteiger partial charge in [0.15, 0.2) is 12.8 Å². The number of ether oxygens (including phenoxy) is 1. The predicted molar refractivity (Wildman–Crippen MR) is 107 cm³/mol. The lowest BCUT2D eigenvalue weighted by molar-refractivity contribution is -0.924. The number of halogens is 1. The van der Waals surface area contributed by atoms with Crippen LogP contribution in [0.2, 0.25) is 0 Å². The number of hydrogen-bond donors (Lipinski definition) is 1. The second-order valence-corrected chi connectivity index (χ2v) is 7.41. The Bertz CT molecular complexity index is 984. The average molecular weight is 418 g/mol. The van der Waals surface area contributed by atoms with Crippen LogP contribution in [0.3, 0.4) is 0 Å². The molecule has 152 valence electrons. The van der Waals surface area contributed by atoms with E-state index in [0.717, 1.165) is 32.0 Å². The number of rotatable bonds is 6. The second-order valence-electron chi connectivity index (χ2n) is 7.06. The van der Waals surface area contributed by atoms with E-state index in [2.05, 4.69) is 21.0 Å². The Labute approximate surface area is 173 Å². The zero-order valence-electron chi connectivity index (χ0n) is 16.2. The third-order valence-corrected chi connectivity index (χ3v) is 5.27. The SMILES string of the molecule is C[C@H](Oc1ccc(F)cc1)c1nn(C[NH+]2CCN(c3cccc[nH+]3)CC2)c(=S)o1. The van der Waals surface area contributed by atoms with Gasteiger partial charge in [-0.2, -0.15) is 4.68 Å². The molecule has 4 rings (SSSR count). The van der Waals surface area contributed by atoms with Gasteiger partial charge in [0.2, 0.25) is 0 Å². The number of piperazine rings is 1. The molecule has 9 heteroatoms. The van der Waals surface area contributed by atoms with Crippen molar-refractivity contribution >= 4 is 18.0 Å². The van der Waals surface area contributed by atoms with Gasteiger partial charge in [-0.3, -0.25) is 4.90 Å². The Balaban J connectivity index is 1.35. The lowest BCUT2D eigenvalue weighted by atomic mass is 10.3. The molecule has 3 aromatic rings. The number of anilines is 1. The molecule has 3 heterocycles. The van der Waals surface area contributed by atoms with E-state index in [9.17, 15) is 4.39 Å². The minimum Gasteiger partial charge on any atom is -0.481 e. The molecule has 1 atom stereocenters. The third-order valence-electron chi connectivity index (χ3n) is 4.97. The van der Waals surface area contributed by atoms with E-state index in [1.165, 1.54) is 17.0 Å². The first-order chi connectivity index (χ1) is 14.1. The molecule has 2 aromatic heterocycles. The van der Waals surface area contributed by atoms with Crippen molar-refractivity contribution in [3.05, 3.63) is 65.2 Å². The summed E-state index contributed by atoms with van der Waals surface area (Å²) in [5.41, 5.74) is 0. The molecule has 29 heavy (non-hydrogen) atoms. The number of pyridine rings is 1. The van der Waals surface area contributed by atoms with Crippen LogP contribution in [0.5, 0.6) is 5.75 Å². The van der Waals surface area contributed by atoms with Gasteiger partial charge < -0.3 is 14.1 Å². The van der Waals surface area contributed by atoms with E-state index in [1.807, 2.05) is 25.3 Å². The minimum absolute atomic E-state index is 0.306. The van der Waals surface area contributed by atoms with Gasteiger partial charge in [-0.25, -0.2) is 9.37 Å². The number of nitrogens with one attached hydrogen (secondary N) is 2. The first kappa shape index (κ1) is 19.5. The molecule has 2 N–H and O–H groups in total. The van der Waals surface area contributed by atoms with Gasteiger partial charge in [0.1, 0.15) is 37.7 Å². The number of aromatic nitrogens is 3. The van der Waals surface area contributed by atoms with E-state index >= 15 is 0 Å². The Morgan fingerprint density at radius 1 is 1.24 bits per heavy atom. The number of nitrogens with zero attached hydrogens (tertiary/aromatic N) is 3. The second kappa shape index (κ2) is 8.71. The lowest BCUT2D eigenvalue weighted by Crippen LogP contribution is -3.14. The number of aromatic amines is 1. The van der Waals surface area contributed by atoms with Crippen molar-refractivity contribution in [1.29, 1.82) is 0 Å². The Hall–Kier alpha value is -2.78. The van der Waals surface area contributed by atoms with Crippen LogP contribution in [0, 0.1) is 10.7 Å². The highest BCUT2D eigenvalue weighted by Crippen LogP contribution is 2.21. The van der Waals surface area contributed by atoms with E-state index in [1.54, 1.807) is 16.8 Å². The molecule has 0 spiro atoms. The highest BCUT2D eigenvalue weighted by molar-refractivity contribution is 7.71. The lowest BCUT2D eigenvalue weighted by Gasteiger charge is -2.27. The number of hydrogen-bond acceptors (Lipinski definition) is 5. The molecule has 0 unspecified atom stereocenters. The van der Waals surface area contributed by atoms with Crippen LogP contribution in [0.25, 0.3) is 0 Å². The number of quaternary nitrogens is 1. The first-order valence-electron chi connectivity index (χ1n) is 9.64. The smallest absolute Gasteiger partial charge is 0.292 e. The molecule has 0 bridgehead atoms. The maximum absolute atomic E-state index is 13.0. The number of H-pyrrole nitrogens is 1. The fourth-order valence-corrected chi connectivity index (χ4v) is 3.56. The molecule has 0 aliphatic carbocycles. The molecule has 7 nitrogen and oxygen atoms in total. The normalized spacial score (nSPS) is 16.0. The van der Waals surface area contributed by atoms with E-state index < -0.39 is 6.10 Å². The Morgan fingerprint density at radius 3 is 2.69 bits per heavy atom. The zero-order valence-corrected chi connectivity index (χ0v) is 17.0. The summed E-state index contributed by atoms with van der Waals surface area (Å²) < 4.78 is 26.2. The summed E-state index contributed by atoms with van der Waals surface area (Å²) in [5.74, 6) is 1.80. The molecule has 1 saturated heterocycles. The van der Waals surface area contributed by atoms with Crippen molar-refractivity contribution < 1.29 is 23.4 Å². The van der Waals surface area contributed by atoms with Crippen molar-refractivity contribution in [2.45, 2.75) is 19.7 Å². The van der Waals surface area contributed by atoms with Crippen LogP contribution in [0.15, 0.2) is 53.1 Å². The molecule has 0 amide bonds. The van der Waals surface area contributed by atoms with E-state index in [-0.39, 0.29) is 5.82 Å². The summed E-state index contributed by atoms with van der Waals surface area (Å²) in [6, 6.07) is 12.0. The van der Waals surface area contributed by atoms with Crippen LogP contribution in [-0.4, -0.2) is 36.0 Å². The van der Waals surface area contributed by atoms with Gasteiger partial charge in [0, 0.05) is 6.07 Å². The maximum atomic E-state index is 13.0. The van der Waals surface area contributed by atoms with Crippen LogP contribution in [0.1, 0.15) is 18.9 Å². The van der Waals surface area contributed by atoms with Gasteiger partial charge in [0.05, 0.1) is 6.20 Å². The molecule has 0 saturated carbocycles. The van der Waals surface area contributed by atoms with Gasteiger partial charge in [-0.15, -0.1) is 5.10 Å². The summed E-state index contributed by atoms with van der Waals surface area (Å²) in [7, 11) is 0. The third kappa shape index (κ3) is 4.80. The molecule has 1 aromatic carbocycles. The van der Waals surface area contributed by atoms with Crippen molar-refractivity contribution in [3.8, 4) is 5.75 Å². The molecule has 1 aliphatic heterocycles. The van der Waals surface area contributed by atoms with Crippen molar-refractivity contribution in [2.24, 2.45) is 0 Å². The first-order valence-corrected chi connectivity index (χ1v) is 10.0. The predicted octanol–water partition coefficient (Wildman–Crippen LogP) is 1.66. The molecule has 1 fully saturated rings. The molecule has 0 radical (unpaired) electrons. The van der Waals surface area contributed by atoms with Crippen LogP contribution >= 0.6 is 12.2 Å². The topological polar surface area (TPSA) is 62.0 Å². The Kier molecular flexibility index (Phi) is 5.86. The highest BCUT2D eigenvalue weighted by Gasteiger charge is 2.27. The summed E-state index contributed by atoms with van der Waals surface area (Å²) >= 11 is 5.34. The quantitative estimate of drug-likeness (QED) is 0.618. The summed E-state index contributed by atoms with van der Waals surface area (Å²) in [4.78, 5) is 7.35. The van der Waals surface area contributed by atoms with Crippen LogP contribution in [0.4, 0.5) is 10.2 Å². The highest BCUT2D eigenvalue weighted by atomic mass is 32.1. The molecular weight excluding hydrogens is 393 g/mol. The van der Waals surface area contributed by atoms with Gasteiger partial charge in [-0.05, 0) is 49.5 Å². The minimum atomic E-state index is -0.427. The van der Waals surface area contributed by atoms with Crippen molar-refractivity contribution in [2.75, 3.05) is 31.1 Å². The van der Waals surface area contributed by atoms with Gasteiger partial charge in [-0.1, -0.05) is 6.07 Å². The maximum Gasteiger partial charge on any atom is 0.292 e. The fraction of sp³-hybridized carbons (Fsp3) is 0.350. The van der Waals surface area contributed by atoms with E-state index in [0.29, 0.717) is 23.1 Å². The van der Waals surface area contributed by atoms with Crippen molar-refractivity contribution in [1.82, 2.24) is 9.78 Å². The summed E-state index contributed by atoms with van der Waals surface area (Å²) in [5, 5.41) is 4.50. The molecule has 1 aliphatic rings. The van der Waals surface area contributed by atoms with Gasteiger partial charge in [0.25, 0.3) is 16.5 Å². The largest absolute Gasteiger partial charge is 0.481 e. The van der Waals surface area contributed by atoms with E-state index in [4.69, 9.17) is 21.4 Å². The van der Waals surface area contributed by atoms with Crippen molar-refractivity contribution in [3.63, 3.8) is 0 Å². The van der Waals surface area contributed by atoms with Gasteiger partial charge >= 0.3 is 0 Å². The molecular formula is C20H24FN5O2S+2. The number of benzene rings is 1. The monoisotopic (exact) mass is 417 g/mol. The van der Waals surface area contributed by atoms with Crippen LogP contribution in [-0.2, 0) is 6.67 Å². The summed E-state index contributed by atoms with van der Waals surface area (Å²) in [6.07, 6.45) is 1.52. The van der Waals surface area contributed by atoms with Crippen LogP contribution < -0.4 is 19.5 Å². The average Bonchev–Trinajstić information content (AvgIpc) is 3.11. The fourth-order valence-electron chi connectivity index (χ4n) is 3.37. The zero-order chi connectivity index (χ0) is 20.2. The summed E-state index contributed by atoms with van der Waals surface area (Å²) in [6.45, 7) is 6.35. The standard InChI is InChI=1S/C20H22FN5O2S/c1-15(27-17-7-5-16(21)6-8-17)19-23-26(20(29)28-19)14-24-10-12-25(13-11-24)18-4-2-3-9-22-18/h2-9,15H,10-14H2,1H3/p+2/t15-/m0/s1. The Morgan fingerprint density at radius 2 is 2.00 bits per heavy atom.